The molecule has 0 saturated heterocycles. The first-order valence-electron chi connectivity index (χ1n) is 9.21. The van der Waals surface area contributed by atoms with Crippen LogP contribution in [0.2, 0.25) is 0 Å². The molecule has 0 atom stereocenters. The van der Waals surface area contributed by atoms with E-state index in [-0.39, 0.29) is 18.2 Å². The van der Waals surface area contributed by atoms with Crippen LogP contribution in [0, 0.1) is 5.82 Å². The van der Waals surface area contributed by atoms with Crippen molar-refractivity contribution in [3.63, 3.8) is 0 Å². The summed E-state index contributed by atoms with van der Waals surface area (Å²) in [6.07, 6.45) is 0.900. The van der Waals surface area contributed by atoms with Gasteiger partial charge in [-0.05, 0) is 61.3 Å². The maximum absolute atomic E-state index is 12.9. The fourth-order valence-electron chi connectivity index (χ4n) is 3.67. The third kappa shape index (κ3) is 4.00. The number of benzene rings is 3. The molecule has 0 aliphatic carbocycles. The van der Waals surface area contributed by atoms with E-state index in [1.54, 1.807) is 0 Å². The van der Waals surface area contributed by atoms with Crippen molar-refractivity contribution in [2.24, 2.45) is 0 Å². The van der Waals surface area contributed by atoms with Crippen LogP contribution in [0.3, 0.4) is 0 Å². The Morgan fingerprint density at radius 2 is 1.56 bits per heavy atom. The zero-order valence-electron chi connectivity index (χ0n) is 15.4. The lowest BCUT2D eigenvalue weighted by Crippen LogP contribution is -3.00. The lowest BCUT2D eigenvalue weighted by atomic mass is 10.1. The summed E-state index contributed by atoms with van der Waals surface area (Å²) in [5.74, 6) is -0.179. The van der Waals surface area contributed by atoms with Crippen molar-refractivity contribution in [3.8, 4) is 0 Å². The van der Waals surface area contributed by atoms with Gasteiger partial charge >= 0.3 is 0 Å². The SMILES string of the molecule is CCn1c2ccccc2c2cc(CNCCc3ccc(F)cc3)ccc21.[Cl-]. The molecule has 4 aromatic rings. The van der Waals surface area contributed by atoms with Gasteiger partial charge in [0.05, 0.1) is 0 Å². The summed E-state index contributed by atoms with van der Waals surface area (Å²) in [6.45, 7) is 4.87. The lowest BCUT2D eigenvalue weighted by molar-refractivity contribution is -0.00000582. The van der Waals surface area contributed by atoms with E-state index in [0.29, 0.717) is 0 Å². The first kappa shape index (κ1) is 19.4. The molecule has 140 valence electrons. The van der Waals surface area contributed by atoms with Gasteiger partial charge in [-0.3, -0.25) is 0 Å². The summed E-state index contributed by atoms with van der Waals surface area (Å²) >= 11 is 0. The minimum absolute atomic E-state index is 0. The van der Waals surface area contributed by atoms with Crippen LogP contribution >= 0.6 is 0 Å². The minimum atomic E-state index is -0.179. The van der Waals surface area contributed by atoms with Crippen LogP contribution in [0.1, 0.15) is 18.1 Å². The van der Waals surface area contributed by atoms with E-state index in [9.17, 15) is 4.39 Å². The third-order valence-electron chi connectivity index (χ3n) is 4.99. The number of halogens is 2. The predicted octanol–water partition coefficient (Wildman–Crippen LogP) is 2.29. The number of hydrogen-bond donors (Lipinski definition) is 1. The largest absolute Gasteiger partial charge is 1.00 e. The molecule has 0 saturated carbocycles. The fraction of sp³-hybridized carbons (Fsp3) is 0.217. The minimum Gasteiger partial charge on any atom is -1.00 e. The van der Waals surface area contributed by atoms with Crippen molar-refractivity contribution in [2.75, 3.05) is 6.54 Å². The van der Waals surface area contributed by atoms with E-state index >= 15 is 0 Å². The number of hydrogen-bond acceptors (Lipinski definition) is 1. The highest BCUT2D eigenvalue weighted by atomic mass is 35.5. The third-order valence-corrected chi connectivity index (χ3v) is 4.99. The Balaban J connectivity index is 0.00000210. The van der Waals surface area contributed by atoms with Crippen molar-refractivity contribution in [1.82, 2.24) is 9.88 Å². The summed E-state index contributed by atoms with van der Waals surface area (Å²) in [4.78, 5) is 0. The van der Waals surface area contributed by atoms with Gasteiger partial charge < -0.3 is 22.3 Å². The first-order valence-corrected chi connectivity index (χ1v) is 9.21. The maximum Gasteiger partial charge on any atom is 0.123 e. The maximum atomic E-state index is 12.9. The fourth-order valence-corrected chi connectivity index (χ4v) is 3.67. The molecular formula is C23H23ClFN2-. The molecule has 2 nitrogen and oxygen atoms in total. The molecule has 1 aromatic heterocycles. The normalized spacial score (nSPS) is 11.0. The van der Waals surface area contributed by atoms with Crippen molar-refractivity contribution >= 4 is 21.8 Å². The van der Waals surface area contributed by atoms with Crippen LogP contribution in [0.15, 0.2) is 66.7 Å². The van der Waals surface area contributed by atoms with Gasteiger partial charge in [0, 0.05) is 34.9 Å². The molecule has 1 N–H and O–H groups in total. The Hall–Kier alpha value is -2.36. The van der Waals surface area contributed by atoms with Crippen LogP contribution in [0.25, 0.3) is 21.8 Å². The smallest absolute Gasteiger partial charge is 0.123 e. The topological polar surface area (TPSA) is 17.0 Å². The van der Waals surface area contributed by atoms with Gasteiger partial charge in [0.25, 0.3) is 0 Å². The van der Waals surface area contributed by atoms with Crippen LogP contribution < -0.4 is 17.7 Å². The Kier molecular flexibility index (Phi) is 6.15. The van der Waals surface area contributed by atoms with Crippen molar-refractivity contribution in [3.05, 3.63) is 83.7 Å². The van der Waals surface area contributed by atoms with Gasteiger partial charge in [0.15, 0.2) is 0 Å². The van der Waals surface area contributed by atoms with Gasteiger partial charge in [-0.25, -0.2) is 4.39 Å². The van der Waals surface area contributed by atoms with E-state index in [4.69, 9.17) is 0 Å². The summed E-state index contributed by atoms with van der Waals surface area (Å²) in [7, 11) is 0. The number of rotatable bonds is 6. The Morgan fingerprint density at radius 3 is 2.33 bits per heavy atom. The molecule has 0 fully saturated rings. The van der Waals surface area contributed by atoms with E-state index in [1.165, 1.54) is 39.5 Å². The number of para-hydroxylation sites is 1. The highest BCUT2D eigenvalue weighted by Gasteiger charge is 2.09. The predicted molar refractivity (Wildman–Crippen MR) is 107 cm³/mol. The molecule has 0 aliphatic rings. The number of aryl methyl sites for hydroxylation is 1. The lowest BCUT2D eigenvalue weighted by Gasteiger charge is -2.07. The monoisotopic (exact) mass is 381 g/mol. The van der Waals surface area contributed by atoms with Gasteiger partial charge in [-0.15, -0.1) is 0 Å². The van der Waals surface area contributed by atoms with E-state index < -0.39 is 0 Å². The highest BCUT2D eigenvalue weighted by Crippen LogP contribution is 2.29. The Labute approximate surface area is 165 Å². The molecule has 0 unspecified atom stereocenters. The summed E-state index contributed by atoms with van der Waals surface area (Å²) in [5.41, 5.74) is 5.03. The van der Waals surface area contributed by atoms with Crippen LogP contribution in [0.4, 0.5) is 4.39 Å². The number of fused-ring (bicyclic) bond motifs is 3. The zero-order chi connectivity index (χ0) is 17.9. The first-order chi connectivity index (χ1) is 12.8. The van der Waals surface area contributed by atoms with Crippen molar-refractivity contribution < 1.29 is 16.8 Å². The van der Waals surface area contributed by atoms with Crippen LogP contribution in [-0.4, -0.2) is 11.1 Å². The second kappa shape index (κ2) is 8.55. The summed E-state index contributed by atoms with van der Waals surface area (Å²) in [5, 5.41) is 6.13. The molecule has 1 heterocycles. The second-order valence-corrected chi connectivity index (χ2v) is 6.67. The van der Waals surface area contributed by atoms with E-state index in [0.717, 1.165) is 31.6 Å². The van der Waals surface area contributed by atoms with Crippen molar-refractivity contribution in [2.45, 2.75) is 26.4 Å². The van der Waals surface area contributed by atoms with Gasteiger partial charge in [-0.2, -0.15) is 0 Å². The zero-order valence-corrected chi connectivity index (χ0v) is 16.1. The van der Waals surface area contributed by atoms with Gasteiger partial charge in [-0.1, -0.05) is 36.4 Å². The molecule has 27 heavy (non-hydrogen) atoms. The average molecular weight is 382 g/mol. The highest BCUT2D eigenvalue weighted by molar-refractivity contribution is 6.08. The quantitative estimate of drug-likeness (QED) is 0.507. The molecule has 0 radical (unpaired) electrons. The molecular weight excluding hydrogens is 359 g/mol. The Morgan fingerprint density at radius 1 is 0.852 bits per heavy atom. The number of nitrogens with zero attached hydrogens (tertiary/aromatic N) is 1. The molecule has 0 amide bonds. The summed E-state index contributed by atoms with van der Waals surface area (Å²) in [6, 6.07) is 22.1. The molecule has 0 spiro atoms. The molecule has 0 bridgehead atoms. The average Bonchev–Trinajstić information content (AvgIpc) is 3.00. The molecule has 0 aliphatic heterocycles. The second-order valence-electron chi connectivity index (χ2n) is 6.67. The van der Waals surface area contributed by atoms with E-state index in [1.807, 2.05) is 12.1 Å². The van der Waals surface area contributed by atoms with Gasteiger partial charge in [0.2, 0.25) is 0 Å². The van der Waals surface area contributed by atoms with Crippen LogP contribution in [0.5, 0.6) is 0 Å². The van der Waals surface area contributed by atoms with E-state index in [2.05, 4.69) is 59.3 Å². The van der Waals surface area contributed by atoms with Gasteiger partial charge in [0.1, 0.15) is 5.82 Å². The van der Waals surface area contributed by atoms with Crippen molar-refractivity contribution in [1.29, 1.82) is 0 Å². The molecule has 3 aromatic carbocycles. The van der Waals surface area contributed by atoms with Crippen LogP contribution in [-0.2, 0) is 19.5 Å². The molecule has 4 heteroatoms. The standard InChI is InChI=1S/C23H23FN2.ClH/c1-2-26-22-6-4-3-5-20(22)21-15-18(9-12-23(21)26)16-25-14-13-17-7-10-19(24)11-8-17;/h3-12,15,25H,2,13-14,16H2,1H3;1H/p-1. The number of nitrogens with one attached hydrogen (secondary N) is 1. The Bertz CT molecular complexity index is 1040. The molecule has 4 rings (SSSR count). The number of aromatic nitrogens is 1. The summed E-state index contributed by atoms with van der Waals surface area (Å²) < 4.78 is 15.3.